The van der Waals surface area contributed by atoms with Gasteiger partial charge in [-0.1, -0.05) is 36.4 Å². The molecule has 20 heavy (non-hydrogen) atoms. The molecule has 4 heteroatoms. The van der Waals surface area contributed by atoms with Crippen LogP contribution in [0.4, 0.5) is 4.39 Å². The molecule has 0 aromatic heterocycles. The lowest BCUT2D eigenvalue weighted by molar-refractivity contribution is 0.101. The van der Waals surface area contributed by atoms with Crippen LogP contribution in [0.2, 0.25) is 0 Å². The highest BCUT2D eigenvalue weighted by atomic mass is 19.1. The van der Waals surface area contributed by atoms with Crippen molar-refractivity contribution in [3.63, 3.8) is 0 Å². The van der Waals surface area contributed by atoms with Gasteiger partial charge in [-0.05, 0) is 23.8 Å². The molecule has 0 N–H and O–H groups in total. The number of Topliss-reactive ketones (excluding diaryl/α,β-unsaturated/α-hetero) is 1. The van der Waals surface area contributed by atoms with Gasteiger partial charge in [0.05, 0.1) is 0 Å². The number of benzene rings is 2. The third-order valence-electron chi connectivity index (χ3n) is 2.94. The molecule has 100 valence electrons. The van der Waals surface area contributed by atoms with E-state index >= 15 is 0 Å². The third-order valence-corrected chi connectivity index (χ3v) is 2.94. The van der Waals surface area contributed by atoms with Crippen LogP contribution in [0, 0.1) is 0 Å². The molecule has 0 amide bonds. The lowest BCUT2D eigenvalue weighted by Crippen LogP contribution is -1.98. The van der Waals surface area contributed by atoms with Gasteiger partial charge in [0, 0.05) is 5.56 Å². The van der Waals surface area contributed by atoms with Gasteiger partial charge >= 0.3 is 0 Å². The van der Waals surface area contributed by atoms with Crippen molar-refractivity contribution in [3.8, 4) is 11.5 Å². The van der Waals surface area contributed by atoms with Gasteiger partial charge in [-0.3, -0.25) is 4.79 Å². The standard InChI is InChI=1S/C16H11FO3/c17-13(16(18)12-4-2-1-3-5-12)8-11-6-7-14-15(9-11)20-10-19-14/h1-9H,10H2. The van der Waals surface area contributed by atoms with Crippen LogP contribution >= 0.6 is 0 Å². The van der Waals surface area contributed by atoms with Crippen LogP contribution in [-0.2, 0) is 0 Å². The van der Waals surface area contributed by atoms with E-state index in [1.54, 1.807) is 48.5 Å². The van der Waals surface area contributed by atoms with E-state index in [0.29, 0.717) is 22.6 Å². The quantitative estimate of drug-likeness (QED) is 0.631. The molecule has 1 aliphatic heterocycles. The summed E-state index contributed by atoms with van der Waals surface area (Å²) in [4.78, 5) is 11.9. The summed E-state index contributed by atoms with van der Waals surface area (Å²) in [6.07, 6.45) is 1.19. The SMILES string of the molecule is O=C(C(F)=Cc1ccc2c(c1)OCO2)c1ccccc1. The highest BCUT2D eigenvalue weighted by Crippen LogP contribution is 2.33. The van der Waals surface area contributed by atoms with E-state index in [1.165, 1.54) is 6.08 Å². The van der Waals surface area contributed by atoms with E-state index in [-0.39, 0.29) is 6.79 Å². The second-order valence-electron chi connectivity index (χ2n) is 4.30. The average molecular weight is 270 g/mol. The van der Waals surface area contributed by atoms with Crippen molar-refractivity contribution in [2.24, 2.45) is 0 Å². The molecule has 0 spiro atoms. The summed E-state index contributed by atoms with van der Waals surface area (Å²) in [5, 5.41) is 0. The summed E-state index contributed by atoms with van der Waals surface area (Å²) < 4.78 is 24.3. The van der Waals surface area contributed by atoms with Gasteiger partial charge in [0.2, 0.25) is 12.6 Å². The van der Waals surface area contributed by atoms with E-state index < -0.39 is 11.6 Å². The van der Waals surface area contributed by atoms with Crippen LogP contribution < -0.4 is 9.47 Å². The minimum absolute atomic E-state index is 0.161. The Hall–Kier alpha value is -2.62. The fourth-order valence-electron chi connectivity index (χ4n) is 1.94. The maximum Gasteiger partial charge on any atom is 0.231 e. The fraction of sp³-hybridized carbons (Fsp3) is 0.0625. The molecule has 0 radical (unpaired) electrons. The summed E-state index contributed by atoms with van der Waals surface area (Å²) in [6, 6.07) is 13.3. The Bertz CT molecular complexity index is 677. The van der Waals surface area contributed by atoms with Gasteiger partial charge in [0.15, 0.2) is 17.3 Å². The van der Waals surface area contributed by atoms with E-state index in [0.717, 1.165) is 0 Å². The number of carbonyl (C=O) groups excluding carboxylic acids is 1. The minimum atomic E-state index is -0.810. The van der Waals surface area contributed by atoms with Crippen molar-refractivity contribution in [2.75, 3.05) is 6.79 Å². The van der Waals surface area contributed by atoms with Crippen LogP contribution in [0.25, 0.3) is 6.08 Å². The van der Waals surface area contributed by atoms with Crippen molar-refractivity contribution in [1.29, 1.82) is 0 Å². The molecular formula is C16H11FO3. The van der Waals surface area contributed by atoms with Crippen molar-refractivity contribution >= 4 is 11.9 Å². The Labute approximate surface area is 115 Å². The number of ether oxygens (including phenoxy) is 2. The second-order valence-corrected chi connectivity index (χ2v) is 4.30. The zero-order chi connectivity index (χ0) is 13.9. The van der Waals surface area contributed by atoms with Crippen molar-refractivity contribution in [2.45, 2.75) is 0 Å². The summed E-state index contributed by atoms with van der Waals surface area (Å²) in [5.74, 6) is -0.269. The van der Waals surface area contributed by atoms with E-state index in [4.69, 9.17) is 9.47 Å². The molecule has 3 nitrogen and oxygen atoms in total. The topological polar surface area (TPSA) is 35.5 Å². The number of ketones is 1. The zero-order valence-electron chi connectivity index (χ0n) is 10.5. The number of fused-ring (bicyclic) bond motifs is 1. The first-order valence-corrected chi connectivity index (χ1v) is 6.10. The molecule has 0 fully saturated rings. The average Bonchev–Trinajstić information content (AvgIpc) is 2.95. The first-order chi connectivity index (χ1) is 9.74. The molecule has 2 aromatic rings. The van der Waals surface area contributed by atoms with Gasteiger partial charge < -0.3 is 9.47 Å². The maximum atomic E-state index is 14.0. The Morgan fingerprint density at radius 2 is 1.80 bits per heavy atom. The Morgan fingerprint density at radius 3 is 2.60 bits per heavy atom. The van der Waals surface area contributed by atoms with Crippen molar-refractivity contribution < 1.29 is 18.7 Å². The van der Waals surface area contributed by atoms with Crippen LogP contribution in [0.15, 0.2) is 54.4 Å². The van der Waals surface area contributed by atoms with Crippen LogP contribution in [0.5, 0.6) is 11.5 Å². The molecule has 0 bridgehead atoms. The van der Waals surface area contributed by atoms with E-state index in [1.807, 2.05) is 0 Å². The first-order valence-electron chi connectivity index (χ1n) is 6.10. The highest BCUT2D eigenvalue weighted by molar-refractivity contribution is 6.09. The van der Waals surface area contributed by atoms with Gasteiger partial charge in [-0.25, -0.2) is 4.39 Å². The normalized spacial score (nSPS) is 13.3. The Morgan fingerprint density at radius 1 is 1.05 bits per heavy atom. The summed E-state index contributed by atoms with van der Waals surface area (Å²) in [5.41, 5.74) is 0.873. The molecule has 3 rings (SSSR count). The molecule has 1 heterocycles. The molecule has 2 aromatic carbocycles. The first kappa shape index (κ1) is 12.4. The van der Waals surface area contributed by atoms with Crippen LogP contribution in [0.3, 0.4) is 0 Å². The number of halogens is 1. The molecule has 0 saturated carbocycles. The monoisotopic (exact) mass is 270 g/mol. The smallest absolute Gasteiger partial charge is 0.231 e. The predicted molar refractivity (Wildman–Crippen MR) is 72.4 cm³/mol. The second kappa shape index (κ2) is 5.17. The predicted octanol–water partition coefficient (Wildman–Crippen LogP) is 3.61. The largest absolute Gasteiger partial charge is 0.454 e. The molecule has 0 saturated heterocycles. The lowest BCUT2D eigenvalue weighted by Gasteiger charge is -2.00. The van der Waals surface area contributed by atoms with Gasteiger partial charge in [-0.2, -0.15) is 0 Å². The van der Waals surface area contributed by atoms with Crippen LogP contribution in [-0.4, -0.2) is 12.6 Å². The highest BCUT2D eigenvalue weighted by Gasteiger charge is 2.15. The zero-order valence-corrected chi connectivity index (χ0v) is 10.5. The number of carbonyl (C=O) groups is 1. The number of hydrogen-bond donors (Lipinski definition) is 0. The van der Waals surface area contributed by atoms with Gasteiger partial charge in [-0.15, -0.1) is 0 Å². The molecule has 0 atom stereocenters. The van der Waals surface area contributed by atoms with Crippen LogP contribution in [0.1, 0.15) is 15.9 Å². The Balaban J connectivity index is 1.86. The minimum Gasteiger partial charge on any atom is -0.454 e. The Kier molecular flexibility index (Phi) is 3.21. The number of rotatable bonds is 3. The maximum absolute atomic E-state index is 14.0. The van der Waals surface area contributed by atoms with Gasteiger partial charge in [0.25, 0.3) is 0 Å². The van der Waals surface area contributed by atoms with E-state index in [9.17, 15) is 9.18 Å². The molecule has 0 aliphatic carbocycles. The number of hydrogen-bond acceptors (Lipinski definition) is 3. The summed E-state index contributed by atoms with van der Waals surface area (Å²) >= 11 is 0. The third kappa shape index (κ3) is 2.40. The van der Waals surface area contributed by atoms with Crippen molar-refractivity contribution in [3.05, 3.63) is 65.5 Å². The summed E-state index contributed by atoms with van der Waals surface area (Å²) in [6.45, 7) is 0.161. The fourth-order valence-corrected chi connectivity index (χ4v) is 1.94. The summed E-state index contributed by atoms with van der Waals surface area (Å²) in [7, 11) is 0. The van der Waals surface area contributed by atoms with Gasteiger partial charge in [0.1, 0.15) is 0 Å². The molecule has 1 aliphatic rings. The lowest BCUT2D eigenvalue weighted by atomic mass is 10.1. The molecule has 0 unspecified atom stereocenters. The number of allylic oxidation sites excluding steroid dienone is 1. The molecular weight excluding hydrogens is 259 g/mol. The van der Waals surface area contributed by atoms with E-state index in [2.05, 4.69) is 0 Å². The van der Waals surface area contributed by atoms with Crippen molar-refractivity contribution in [1.82, 2.24) is 0 Å².